The Hall–Kier alpha value is -4.02. The normalized spacial score (nSPS) is 21.5. The molecule has 44 heavy (non-hydrogen) atoms. The van der Waals surface area contributed by atoms with Gasteiger partial charge in [0.25, 0.3) is 0 Å². The molecule has 1 aromatic heterocycles. The molecule has 5 rings (SSSR count). The van der Waals surface area contributed by atoms with Gasteiger partial charge >= 0.3 is 24.3 Å². The maximum Gasteiger partial charge on any atom is 0.490 e. The topological polar surface area (TPSA) is 134 Å². The summed E-state index contributed by atoms with van der Waals surface area (Å²) in [5.41, 5.74) is 1.99. The molecule has 2 atom stereocenters. The number of nitrogens with zero attached hydrogens (tertiary/aromatic N) is 4. The van der Waals surface area contributed by atoms with Crippen LogP contribution in [0.4, 0.5) is 26.3 Å². The number of aliphatic carboxylic acids is 2. The minimum atomic E-state index is -5.08. The number of piperidine rings is 1. The smallest absolute Gasteiger partial charge is 0.475 e. The van der Waals surface area contributed by atoms with Crippen molar-refractivity contribution in [3.05, 3.63) is 41.7 Å². The number of fused-ring (bicyclic) bond motifs is 1. The second-order valence-electron chi connectivity index (χ2n) is 10.8. The lowest BCUT2D eigenvalue weighted by atomic mass is 9.70. The first-order valence-electron chi connectivity index (χ1n) is 13.4. The van der Waals surface area contributed by atoms with Crippen LogP contribution in [0, 0.1) is 5.41 Å². The minimum absolute atomic E-state index is 0.145. The van der Waals surface area contributed by atoms with Crippen LogP contribution in [0.3, 0.4) is 0 Å². The quantitative estimate of drug-likeness (QED) is 0.471. The van der Waals surface area contributed by atoms with E-state index in [1.54, 1.807) is 0 Å². The van der Waals surface area contributed by atoms with Gasteiger partial charge in [-0.1, -0.05) is 6.07 Å². The zero-order chi connectivity index (χ0) is 33.0. The van der Waals surface area contributed by atoms with Crippen LogP contribution in [0.15, 0.2) is 30.5 Å². The summed E-state index contributed by atoms with van der Waals surface area (Å²) in [7, 11) is 1.94. The first-order chi connectivity index (χ1) is 20.4. The molecule has 2 saturated heterocycles. The number of likely N-dealkylation sites (tertiary alicyclic amines) is 2. The summed E-state index contributed by atoms with van der Waals surface area (Å²) in [6, 6.07) is 8.52. The first-order valence-corrected chi connectivity index (χ1v) is 13.4. The van der Waals surface area contributed by atoms with E-state index in [0.29, 0.717) is 0 Å². The van der Waals surface area contributed by atoms with Crippen molar-refractivity contribution in [2.45, 2.75) is 57.5 Å². The van der Waals surface area contributed by atoms with Crippen LogP contribution in [0.1, 0.15) is 49.9 Å². The molecule has 4 heterocycles. The van der Waals surface area contributed by atoms with Gasteiger partial charge in [-0.25, -0.2) is 9.59 Å². The highest BCUT2D eigenvalue weighted by molar-refractivity contribution is 5.85. The predicted octanol–water partition coefficient (Wildman–Crippen LogP) is 4.30. The molecule has 2 N–H and O–H groups in total. The summed E-state index contributed by atoms with van der Waals surface area (Å²) >= 11 is 0. The Morgan fingerprint density at radius 3 is 2.20 bits per heavy atom. The minimum Gasteiger partial charge on any atom is -0.475 e. The molecular weight excluding hydrogens is 606 g/mol. The molecule has 0 saturated carbocycles. The Morgan fingerprint density at radius 1 is 1.05 bits per heavy atom. The number of aromatic nitrogens is 2. The van der Waals surface area contributed by atoms with Crippen LogP contribution in [0.2, 0.25) is 0 Å². The van der Waals surface area contributed by atoms with Crippen molar-refractivity contribution in [1.82, 2.24) is 19.6 Å². The van der Waals surface area contributed by atoms with E-state index < -0.39 is 24.3 Å². The van der Waals surface area contributed by atoms with Gasteiger partial charge in [0.1, 0.15) is 0 Å². The Balaban J connectivity index is 0.000000317. The van der Waals surface area contributed by atoms with Gasteiger partial charge in [-0.2, -0.15) is 31.4 Å². The third-order valence-electron chi connectivity index (χ3n) is 7.38. The van der Waals surface area contributed by atoms with E-state index >= 15 is 0 Å². The average Bonchev–Trinajstić information content (AvgIpc) is 3.65. The molecule has 1 spiro atoms. The lowest BCUT2D eigenvalue weighted by Gasteiger charge is -2.41. The fourth-order valence-corrected chi connectivity index (χ4v) is 5.52. The molecule has 11 nitrogen and oxygen atoms in total. The Labute approximate surface area is 247 Å². The van der Waals surface area contributed by atoms with Crippen molar-refractivity contribution in [2.24, 2.45) is 5.41 Å². The zero-order valence-corrected chi connectivity index (χ0v) is 24.0. The average molecular weight is 639 g/mol. The summed E-state index contributed by atoms with van der Waals surface area (Å²) in [4.78, 5) is 35.7. The summed E-state index contributed by atoms with van der Waals surface area (Å²) in [6.07, 6.45) is -6.31. The van der Waals surface area contributed by atoms with Crippen molar-refractivity contribution in [3.63, 3.8) is 0 Å². The molecule has 244 valence electrons. The number of carboxylic acids is 2. The van der Waals surface area contributed by atoms with E-state index in [0.717, 1.165) is 50.5 Å². The molecule has 1 amide bonds. The second kappa shape index (κ2) is 13.3. The zero-order valence-electron chi connectivity index (χ0n) is 24.0. The SMILES string of the molecule is CC(C)n1nccc1[C@@H]1CN(Cc2ccc3c(c2)OCO3)C[C@]12CCCN(C)C2=O.O=C(O)C(F)(F)F.O=C(O)C(F)(F)F. The van der Waals surface area contributed by atoms with Crippen LogP contribution in [-0.4, -0.2) is 93.5 Å². The van der Waals surface area contributed by atoms with Crippen molar-refractivity contribution >= 4 is 17.8 Å². The van der Waals surface area contributed by atoms with E-state index in [1.165, 1.54) is 11.3 Å². The molecule has 0 unspecified atom stereocenters. The molecule has 3 aliphatic rings. The van der Waals surface area contributed by atoms with Crippen LogP contribution in [0.25, 0.3) is 0 Å². The van der Waals surface area contributed by atoms with Gasteiger partial charge in [0, 0.05) is 57.1 Å². The molecule has 0 aliphatic carbocycles. The number of ether oxygens (including phenoxy) is 2. The van der Waals surface area contributed by atoms with Crippen molar-refractivity contribution < 1.29 is 60.4 Å². The monoisotopic (exact) mass is 638 g/mol. The van der Waals surface area contributed by atoms with E-state index in [-0.39, 0.29) is 30.1 Å². The van der Waals surface area contributed by atoms with Crippen molar-refractivity contribution in [3.8, 4) is 11.5 Å². The standard InChI is InChI=1S/C23H30N4O3.2C2HF3O2/c1-16(2)27-19(7-9-24-27)18-13-26(14-23(18)8-4-10-25(3)22(23)28)12-17-5-6-20-21(11-17)30-15-29-20;2*3-2(4,5)1(6)7/h5-7,9,11,16,18H,4,8,10,12-15H2,1-3H3;2*(H,6,7)/t18-,23+;;/m0../s1. The van der Waals surface area contributed by atoms with Gasteiger partial charge in [0.05, 0.1) is 5.41 Å². The van der Waals surface area contributed by atoms with E-state index in [1.807, 2.05) is 24.2 Å². The molecule has 0 radical (unpaired) electrons. The number of carboxylic acid groups (broad SMARTS) is 2. The first kappa shape index (κ1) is 34.5. The highest BCUT2D eigenvalue weighted by Crippen LogP contribution is 2.50. The largest absolute Gasteiger partial charge is 0.490 e. The Morgan fingerprint density at radius 2 is 1.64 bits per heavy atom. The fraction of sp³-hybridized carbons (Fsp3) is 0.556. The molecular formula is C27H32F6N4O7. The summed E-state index contributed by atoms with van der Waals surface area (Å²) < 4.78 is 76.6. The lowest BCUT2D eigenvalue weighted by Crippen LogP contribution is -2.50. The maximum atomic E-state index is 13.5. The number of halogens is 6. The fourth-order valence-electron chi connectivity index (χ4n) is 5.52. The summed E-state index contributed by atoms with van der Waals surface area (Å²) in [5, 5.41) is 18.8. The van der Waals surface area contributed by atoms with Crippen LogP contribution in [0.5, 0.6) is 11.5 Å². The number of benzene rings is 1. The van der Waals surface area contributed by atoms with Crippen molar-refractivity contribution in [1.29, 1.82) is 0 Å². The van der Waals surface area contributed by atoms with Gasteiger partial charge in [-0.3, -0.25) is 14.4 Å². The van der Waals surface area contributed by atoms with Gasteiger partial charge in [0.2, 0.25) is 12.7 Å². The highest BCUT2D eigenvalue weighted by Gasteiger charge is 2.55. The van der Waals surface area contributed by atoms with Gasteiger partial charge < -0.3 is 24.6 Å². The van der Waals surface area contributed by atoms with E-state index in [2.05, 4.69) is 46.7 Å². The van der Waals surface area contributed by atoms with Crippen molar-refractivity contribution in [2.75, 3.05) is 33.5 Å². The maximum absolute atomic E-state index is 13.5. The Kier molecular flexibility index (Phi) is 10.4. The number of alkyl halides is 6. The number of hydrogen-bond acceptors (Lipinski definition) is 7. The molecule has 0 bridgehead atoms. The van der Waals surface area contributed by atoms with E-state index in [9.17, 15) is 31.1 Å². The van der Waals surface area contributed by atoms with Crippen LogP contribution in [-0.2, 0) is 20.9 Å². The van der Waals surface area contributed by atoms with E-state index in [4.69, 9.17) is 29.3 Å². The second-order valence-corrected chi connectivity index (χ2v) is 10.8. The molecule has 2 aromatic rings. The molecule has 1 aromatic carbocycles. The van der Waals surface area contributed by atoms with Gasteiger partial charge in [-0.05, 0) is 50.5 Å². The van der Waals surface area contributed by atoms with Gasteiger partial charge in [-0.15, -0.1) is 0 Å². The molecule has 3 aliphatic heterocycles. The number of carbonyl (C=O) groups excluding carboxylic acids is 1. The third-order valence-corrected chi connectivity index (χ3v) is 7.38. The van der Waals surface area contributed by atoms with Gasteiger partial charge in [0.15, 0.2) is 11.5 Å². The summed E-state index contributed by atoms with van der Waals surface area (Å²) in [6.45, 7) is 7.86. The number of rotatable bonds is 4. The number of carbonyl (C=O) groups is 3. The highest BCUT2D eigenvalue weighted by atomic mass is 19.4. The number of amides is 1. The van der Waals surface area contributed by atoms with Crippen LogP contribution < -0.4 is 9.47 Å². The Bertz CT molecular complexity index is 1320. The summed E-state index contributed by atoms with van der Waals surface area (Å²) in [5.74, 6) is -3.47. The van der Waals surface area contributed by atoms with Crippen LogP contribution >= 0.6 is 0 Å². The molecule has 2 fully saturated rings. The number of hydrogen-bond donors (Lipinski definition) is 2. The third kappa shape index (κ3) is 7.92. The predicted molar refractivity (Wildman–Crippen MR) is 140 cm³/mol. The lowest BCUT2D eigenvalue weighted by molar-refractivity contribution is -0.193. The molecule has 17 heteroatoms.